The number of amides is 2. The van der Waals surface area contributed by atoms with Crippen molar-refractivity contribution in [3.63, 3.8) is 0 Å². The summed E-state index contributed by atoms with van der Waals surface area (Å²) in [5.74, 6) is -4.74. The summed E-state index contributed by atoms with van der Waals surface area (Å²) < 4.78 is 44.0. The first-order valence-electron chi connectivity index (χ1n) is 6.77. The molecule has 1 aromatic rings. The first-order chi connectivity index (χ1) is 10.2. The highest BCUT2D eigenvalue weighted by atomic mass is 19.4. The molecule has 0 unspecified atom stereocenters. The number of hydrogen-bond donors (Lipinski definition) is 1. The predicted octanol–water partition coefficient (Wildman–Crippen LogP) is 1.28. The Hall–Kier alpha value is -2.06. The van der Waals surface area contributed by atoms with Gasteiger partial charge < -0.3 is 15.2 Å². The summed E-state index contributed by atoms with van der Waals surface area (Å²) in [6.45, 7) is 2.33. The van der Waals surface area contributed by atoms with Gasteiger partial charge in [0.1, 0.15) is 11.3 Å². The molecule has 1 aromatic heterocycles. The summed E-state index contributed by atoms with van der Waals surface area (Å²) in [4.78, 5) is 24.7. The number of primary amides is 1. The maximum atomic E-state index is 13.0. The zero-order valence-electron chi connectivity index (χ0n) is 12.1. The van der Waals surface area contributed by atoms with Crippen LogP contribution in [0.4, 0.5) is 13.2 Å². The Morgan fingerprint density at radius 2 is 2.05 bits per heavy atom. The van der Waals surface area contributed by atoms with Crippen LogP contribution in [0.5, 0.6) is 0 Å². The number of carbonyl (C=O) groups is 2. The number of nitrogens with two attached hydrogens (primary N) is 1. The number of aryl methyl sites for hydroxylation is 2. The van der Waals surface area contributed by atoms with Gasteiger partial charge in [0.15, 0.2) is 0 Å². The molecule has 2 amide bonds. The second kappa shape index (κ2) is 5.62. The minimum atomic E-state index is -4.59. The second-order valence-corrected chi connectivity index (χ2v) is 5.29. The van der Waals surface area contributed by atoms with E-state index in [1.807, 2.05) is 0 Å². The highest BCUT2D eigenvalue weighted by molar-refractivity contribution is 5.97. The van der Waals surface area contributed by atoms with Gasteiger partial charge >= 0.3 is 6.18 Å². The van der Waals surface area contributed by atoms with Crippen molar-refractivity contribution in [3.8, 4) is 0 Å². The van der Waals surface area contributed by atoms with E-state index in [0.29, 0.717) is 17.9 Å². The van der Waals surface area contributed by atoms with E-state index >= 15 is 0 Å². The van der Waals surface area contributed by atoms with Gasteiger partial charge in [0.2, 0.25) is 5.91 Å². The summed E-state index contributed by atoms with van der Waals surface area (Å²) in [6.07, 6.45) is -4.20. The third-order valence-electron chi connectivity index (χ3n) is 3.86. The largest absolute Gasteiger partial charge is 0.394 e. The SMILES string of the molecule is CCc1onc(C)c1C(=O)N1C[C@@H](C(F)(F)F)[C@H](C(N)=O)C1. The smallest absolute Gasteiger partial charge is 0.369 e. The number of rotatable bonds is 3. The number of carbonyl (C=O) groups excluding carboxylic acids is 2. The van der Waals surface area contributed by atoms with E-state index in [1.165, 1.54) is 0 Å². The Morgan fingerprint density at radius 3 is 2.50 bits per heavy atom. The molecule has 2 heterocycles. The monoisotopic (exact) mass is 319 g/mol. The molecular formula is C13H16F3N3O3. The average molecular weight is 319 g/mol. The lowest BCUT2D eigenvalue weighted by Crippen LogP contribution is -2.37. The Morgan fingerprint density at radius 1 is 1.41 bits per heavy atom. The predicted molar refractivity (Wildman–Crippen MR) is 68.8 cm³/mol. The fraction of sp³-hybridized carbons (Fsp3) is 0.615. The minimum absolute atomic E-state index is 0.161. The molecule has 1 saturated heterocycles. The highest BCUT2D eigenvalue weighted by Crippen LogP contribution is 2.38. The van der Waals surface area contributed by atoms with E-state index in [2.05, 4.69) is 5.16 Å². The Kier molecular flexibility index (Phi) is 4.17. The number of halogens is 3. The number of aromatic nitrogens is 1. The molecule has 1 aliphatic heterocycles. The summed E-state index contributed by atoms with van der Waals surface area (Å²) in [5, 5.41) is 3.67. The quantitative estimate of drug-likeness (QED) is 0.909. The van der Waals surface area contributed by atoms with Crippen LogP contribution in [0.25, 0.3) is 0 Å². The van der Waals surface area contributed by atoms with Crippen molar-refractivity contribution in [2.45, 2.75) is 26.4 Å². The van der Waals surface area contributed by atoms with Crippen LogP contribution in [0, 0.1) is 18.8 Å². The molecule has 6 nitrogen and oxygen atoms in total. The molecule has 0 bridgehead atoms. The summed E-state index contributed by atoms with van der Waals surface area (Å²) in [7, 11) is 0. The average Bonchev–Trinajstić information content (AvgIpc) is 3.00. The third kappa shape index (κ3) is 2.79. The fourth-order valence-corrected chi connectivity index (χ4v) is 2.68. The molecule has 9 heteroatoms. The zero-order chi connectivity index (χ0) is 16.7. The Labute approximate surface area is 124 Å². The molecule has 1 aliphatic rings. The van der Waals surface area contributed by atoms with Gasteiger partial charge in [-0.25, -0.2) is 0 Å². The number of nitrogens with zero attached hydrogens (tertiary/aromatic N) is 2. The van der Waals surface area contributed by atoms with Crippen molar-refractivity contribution < 1.29 is 27.3 Å². The molecule has 0 aliphatic carbocycles. The zero-order valence-corrected chi connectivity index (χ0v) is 12.1. The van der Waals surface area contributed by atoms with Crippen LogP contribution >= 0.6 is 0 Å². The summed E-state index contributed by atoms with van der Waals surface area (Å²) >= 11 is 0. The minimum Gasteiger partial charge on any atom is -0.369 e. The number of likely N-dealkylation sites (tertiary alicyclic amines) is 1. The number of alkyl halides is 3. The normalized spacial score (nSPS) is 22.1. The third-order valence-corrected chi connectivity index (χ3v) is 3.86. The van der Waals surface area contributed by atoms with Crippen LogP contribution in [-0.4, -0.2) is 41.1 Å². The van der Waals surface area contributed by atoms with Crippen LogP contribution in [0.1, 0.15) is 28.7 Å². The van der Waals surface area contributed by atoms with Gasteiger partial charge in [-0.3, -0.25) is 9.59 Å². The van der Waals surface area contributed by atoms with Crippen LogP contribution in [-0.2, 0) is 11.2 Å². The maximum Gasteiger partial charge on any atom is 0.394 e. The summed E-state index contributed by atoms with van der Waals surface area (Å²) in [6, 6.07) is 0. The molecule has 0 radical (unpaired) electrons. The van der Waals surface area contributed by atoms with Crippen LogP contribution in [0.2, 0.25) is 0 Å². The number of hydrogen-bond acceptors (Lipinski definition) is 4. The molecule has 122 valence electrons. The summed E-state index contributed by atoms with van der Waals surface area (Å²) in [5.41, 5.74) is 5.52. The van der Waals surface area contributed by atoms with Gasteiger partial charge in [-0.1, -0.05) is 12.1 Å². The van der Waals surface area contributed by atoms with E-state index in [-0.39, 0.29) is 12.1 Å². The van der Waals surface area contributed by atoms with E-state index in [1.54, 1.807) is 13.8 Å². The Balaban J connectivity index is 2.29. The van der Waals surface area contributed by atoms with Crippen molar-refractivity contribution in [1.82, 2.24) is 10.1 Å². The first kappa shape index (κ1) is 16.3. The van der Waals surface area contributed by atoms with Gasteiger partial charge in [0.25, 0.3) is 5.91 Å². The lowest BCUT2D eigenvalue weighted by molar-refractivity contribution is -0.182. The van der Waals surface area contributed by atoms with Gasteiger partial charge in [0, 0.05) is 19.5 Å². The second-order valence-electron chi connectivity index (χ2n) is 5.29. The molecule has 1 fully saturated rings. The van der Waals surface area contributed by atoms with Crippen LogP contribution in [0.3, 0.4) is 0 Å². The standard InChI is InChI=1S/C13H16F3N3O3/c1-3-9-10(6(2)18-22-9)12(21)19-4-7(11(17)20)8(5-19)13(14,15)16/h7-8H,3-5H2,1-2H3,(H2,17,20)/t7-,8-/m1/s1. The van der Waals surface area contributed by atoms with E-state index < -0.39 is 36.4 Å². The molecule has 2 N–H and O–H groups in total. The van der Waals surface area contributed by atoms with Crippen molar-refractivity contribution >= 4 is 11.8 Å². The molecular weight excluding hydrogens is 303 g/mol. The van der Waals surface area contributed by atoms with Crippen LogP contribution < -0.4 is 5.73 Å². The molecule has 2 rings (SSSR count). The maximum absolute atomic E-state index is 13.0. The van der Waals surface area contributed by atoms with Gasteiger partial charge in [-0.15, -0.1) is 0 Å². The van der Waals surface area contributed by atoms with Gasteiger partial charge in [0.05, 0.1) is 17.5 Å². The molecule has 0 spiro atoms. The van der Waals surface area contributed by atoms with Crippen molar-refractivity contribution in [2.75, 3.05) is 13.1 Å². The van der Waals surface area contributed by atoms with Gasteiger partial charge in [-0.2, -0.15) is 13.2 Å². The lowest BCUT2D eigenvalue weighted by atomic mass is 9.95. The Bertz CT molecular complexity index is 597. The molecule has 0 saturated carbocycles. The van der Waals surface area contributed by atoms with Gasteiger partial charge in [-0.05, 0) is 6.92 Å². The topological polar surface area (TPSA) is 89.4 Å². The first-order valence-corrected chi connectivity index (χ1v) is 6.77. The van der Waals surface area contributed by atoms with Crippen molar-refractivity contribution in [2.24, 2.45) is 17.6 Å². The van der Waals surface area contributed by atoms with E-state index in [4.69, 9.17) is 10.3 Å². The molecule has 0 aromatic carbocycles. The van der Waals surface area contributed by atoms with Crippen LogP contribution in [0.15, 0.2) is 4.52 Å². The van der Waals surface area contributed by atoms with E-state index in [9.17, 15) is 22.8 Å². The fourth-order valence-electron chi connectivity index (χ4n) is 2.68. The van der Waals surface area contributed by atoms with Crippen molar-refractivity contribution in [1.29, 1.82) is 0 Å². The molecule has 2 atom stereocenters. The highest BCUT2D eigenvalue weighted by Gasteiger charge is 2.53. The van der Waals surface area contributed by atoms with E-state index in [0.717, 1.165) is 4.90 Å². The molecule has 22 heavy (non-hydrogen) atoms. The lowest BCUT2D eigenvalue weighted by Gasteiger charge is -2.18. The van der Waals surface area contributed by atoms with Crippen molar-refractivity contribution in [3.05, 3.63) is 17.0 Å².